The number of nitrogens with one attached hydrogen (secondary N) is 1. The van der Waals surface area contributed by atoms with Gasteiger partial charge >= 0.3 is 0 Å². The standard InChI is InChI=1S/C26H20Cl2N6OS2/c1-16-8-9-18(27)11-22(16)34-24(19-6-2-3-7-20(19)28)32-33-26(34)37-15-23-31-21(14-36-23)25(35)30-13-17-5-4-10-29-12-17/h2-12,14H,13,15H2,1H3,(H,30,35). The number of hydrogen-bond acceptors (Lipinski definition) is 7. The van der Waals surface area contributed by atoms with Crippen molar-refractivity contribution in [3.05, 3.63) is 104 Å². The molecular formula is C26H20Cl2N6OS2. The molecule has 0 bridgehead atoms. The molecule has 11 heteroatoms. The smallest absolute Gasteiger partial charge is 0.271 e. The molecule has 2 aromatic carbocycles. The Labute approximate surface area is 231 Å². The molecule has 0 radical (unpaired) electrons. The van der Waals surface area contributed by atoms with Gasteiger partial charge in [-0.3, -0.25) is 14.3 Å². The number of halogens is 2. The summed E-state index contributed by atoms with van der Waals surface area (Å²) in [6.07, 6.45) is 3.42. The van der Waals surface area contributed by atoms with Crippen molar-refractivity contribution >= 4 is 52.2 Å². The van der Waals surface area contributed by atoms with Crippen LogP contribution in [0.3, 0.4) is 0 Å². The summed E-state index contributed by atoms with van der Waals surface area (Å²) in [5.41, 5.74) is 3.95. The zero-order valence-corrected chi connectivity index (χ0v) is 22.7. The minimum absolute atomic E-state index is 0.227. The zero-order chi connectivity index (χ0) is 25.8. The molecule has 0 atom stereocenters. The molecule has 5 aromatic rings. The number of rotatable bonds is 8. The molecule has 37 heavy (non-hydrogen) atoms. The van der Waals surface area contributed by atoms with Gasteiger partial charge in [-0.15, -0.1) is 21.5 Å². The van der Waals surface area contributed by atoms with Gasteiger partial charge in [0.2, 0.25) is 0 Å². The molecule has 0 aliphatic carbocycles. The van der Waals surface area contributed by atoms with Crippen LogP contribution in [0.15, 0.2) is 77.5 Å². The molecule has 0 spiro atoms. The van der Waals surface area contributed by atoms with Crippen molar-refractivity contribution < 1.29 is 4.79 Å². The van der Waals surface area contributed by atoms with Gasteiger partial charge in [-0.2, -0.15) is 0 Å². The highest BCUT2D eigenvalue weighted by Crippen LogP contribution is 2.35. The van der Waals surface area contributed by atoms with Gasteiger partial charge in [0.25, 0.3) is 5.91 Å². The molecule has 1 amide bonds. The summed E-state index contributed by atoms with van der Waals surface area (Å²) < 4.78 is 1.96. The summed E-state index contributed by atoms with van der Waals surface area (Å²) in [4.78, 5) is 21.1. The Morgan fingerprint density at radius 3 is 2.78 bits per heavy atom. The molecular weight excluding hydrogens is 547 g/mol. The molecule has 7 nitrogen and oxygen atoms in total. The summed E-state index contributed by atoms with van der Waals surface area (Å²) in [6, 6.07) is 17.0. The maximum absolute atomic E-state index is 12.6. The summed E-state index contributed by atoms with van der Waals surface area (Å²) >= 11 is 15.8. The van der Waals surface area contributed by atoms with E-state index in [1.807, 2.05) is 66.1 Å². The van der Waals surface area contributed by atoms with Crippen LogP contribution in [-0.4, -0.2) is 30.6 Å². The van der Waals surface area contributed by atoms with E-state index in [1.165, 1.54) is 23.1 Å². The molecule has 5 rings (SSSR count). The first-order valence-electron chi connectivity index (χ1n) is 11.2. The van der Waals surface area contributed by atoms with Crippen LogP contribution in [0.1, 0.15) is 26.6 Å². The first kappa shape index (κ1) is 25.4. The molecule has 0 fully saturated rings. The number of aromatic nitrogens is 5. The Kier molecular flexibility index (Phi) is 7.85. The summed E-state index contributed by atoms with van der Waals surface area (Å²) in [7, 11) is 0. The molecule has 0 unspecified atom stereocenters. The quantitative estimate of drug-likeness (QED) is 0.212. The number of thioether (sulfide) groups is 1. The van der Waals surface area contributed by atoms with E-state index in [0.717, 1.165) is 27.4 Å². The van der Waals surface area contributed by atoms with Crippen molar-refractivity contribution in [2.75, 3.05) is 0 Å². The minimum Gasteiger partial charge on any atom is -0.347 e. The van der Waals surface area contributed by atoms with Crippen molar-refractivity contribution in [1.82, 2.24) is 30.0 Å². The van der Waals surface area contributed by atoms with Crippen molar-refractivity contribution in [2.24, 2.45) is 0 Å². The first-order chi connectivity index (χ1) is 18.0. The number of hydrogen-bond donors (Lipinski definition) is 1. The fraction of sp³-hybridized carbons (Fsp3) is 0.115. The second-order valence-corrected chi connectivity index (χ2v) is 10.7. The number of thiazole rings is 1. The molecule has 3 heterocycles. The normalized spacial score (nSPS) is 11.0. The Balaban J connectivity index is 1.37. The molecule has 186 valence electrons. The number of benzene rings is 2. The molecule has 0 aliphatic rings. The Bertz CT molecular complexity index is 1550. The van der Waals surface area contributed by atoms with Crippen LogP contribution in [-0.2, 0) is 12.3 Å². The molecule has 0 aliphatic heterocycles. The third-order valence-electron chi connectivity index (χ3n) is 5.45. The van der Waals surface area contributed by atoms with Crippen LogP contribution < -0.4 is 5.32 Å². The van der Waals surface area contributed by atoms with E-state index in [9.17, 15) is 4.79 Å². The number of carbonyl (C=O) groups is 1. The number of aryl methyl sites for hydroxylation is 1. The fourth-order valence-electron chi connectivity index (χ4n) is 3.60. The first-order valence-corrected chi connectivity index (χ1v) is 13.8. The van der Waals surface area contributed by atoms with Gasteiger partial charge in [0.05, 0.1) is 16.5 Å². The molecule has 0 saturated heterocycles. The van der Waals surface area contributed by atoms with Crippen molar-refractivity contribution in [3.63, 3.8) is 0 Å². The van der Waals surface area contributed by atoms with E-state index in [-0.39, 0.29) is 5.91 Å². The SMILES string of the molecule is Cc1ccc(Cl)cc1-n1c(SCc2nc(C(=O)NCc3cccnc3)cs2)nnc1-c1ccccc1Cl. The Morgan fingerprint density at radius 1 is 1.11 bits per heavy atom. The van der Waals surface area contributed by atoms with Gasteiger partial charge in [0.1, 0.15) is 10.7 Å². The molecule has 1 N–H and O–H groups in total. The number of nitrogens with zero attached hydrogens (tertiary/aromatic N) is 5. The van der Waals surface area contributed by atoms with Crippen molar-refractivity contribution in [2.45, 2.75) is 24.4 Å². The summed E-state index contributed by atoms with van der Waals surface area (Å²) in [5, 5.41) is 16.2. The van der Waals surface area contributed by atoms with E-state index in [4.69, 9.17) is 23.2 Å². The van der Waals surface area contributed by atoms with E-state index < -0.39 is 0 Å². The van der Waals surface area contributed by atoms with Crippen LogP contribution in [0.4, 0.5) is 0 Å². The van der Waals surface area contributed by atoms with Gasteiger partial charge in [0.15, 0.2) is 11.0 Å². The van der Waals surface area contributed by atoms with Gasteiger partial charge in [-0.1, -0.05) is 59.2 Å². The second kappa shape index (κ2) is 11.4. The van der Waals surface area contributed by atoms with Crippen LogP contribution in [0, 0.1) is 6.92 Å². The lowest BCUT2D eigenvalue weighted by atomic mass is 10.1. The number of pyridine rings is 1. The average Bonchev–Trinajstić information content (AvgIpc) is 3.56. The Morgan fingerprint density at radius 2 is 1.97 bits per heavy atom. The van der Waals surface area contributed by atoms with Crippen LogP contribution in [0.2, 0.25) is 10.0 Å². The molecule has 0 saturated carbocycles. The second-order valence-electron chi connectivity index (χ2n) is 8.01. The predicted octanol–water partition coefficient (Wildman–Crippen LogP) is 6.62. The van der Waals surface area contributed by atoms with Gasteiger partial charge < -0.3 is 5.32 Å². The highest BCUT2D eigenvalue weighted by Gasteiger charge is 2.20. The maximum Gasteiger partial charge on any atom is 0.271 e. The van der Waals surface area contributed by atoms with Gasteiger partial charge in [-0.25, -0.2) is 4.98 Å². The fourth-order valence-corrected chi connectivity index (χ4v) is 5.73. The van der Waals surface area contributed by atoms with Crippen molar-refractivity contribution in [3.8, 4) is 17.1 Å². The van der Waals surface area contributed by atoms with E-state index in [2.05, 4.69) is 25.5 Å². The predicted molar refractivity (Wildman–Crippen MR) is 149 cm³/mol. The minimum atomic E-state index is -0.227. The van der Waals surface area contributed by atoms with E-state index in [0.29, 0.717) is 39.0 Å². The summed E-state index contributed by atoms with van der Waals surface area (Å²) in [6.45, 7) is 2.40. The third-order valence-corrected chi connectivity index (χ3v) is 7.98. The number of amides is 1. The largest absolute Gasteiger partial charge is 0.347 e. The molecule has 3 aromatic heterocycles. The lowest BCUT2D eigenvalue weighted by molar-refractivity contribution is 0.0946. The lowest BCUT2D eigenvalue weighted by Crippen LogP contribution is -2.23. The highest BCUT2D eigenvalue weighted by molar-refractivity contribution is 7.98. The van der Waals surface area contributed by atoms with E-state index >= 15 is 0 Å². The van der Waals surface area contributed by atoms with Crippen LogP contribution >= 0.6 is 46.3 Å². The van der Waals surface area contributed by atoms with Crippen molar-refractivity contribution in [1.29, 1.82) is 0 Å². The van der Waals surface area contributed by atoms with Gasteiger partial charge in [0, 0.05) is 34.9 Å². The van der Waals surface area contributed by atoms with Gasteiger partial charge in [-0.05, 0) is 48.4 Å². The van der Waals surface area contributed by atoms with Crippen LogP contribution in [0.25, 0.3) is 17.1 Å². The number of carbonyl (C=O) groups excluding carboxylic acids is 1. The average molecular weight is 568 g/mol. The zero-order valence-electron chi connectivity index (χ0n) is 19.6. The highest BCUT2D eigenvalue weighted by atomic mass is 35.5. The third kappa shape index (κ3) is 5.86. The Hall–Kier alpha value is -3.24. The van der Waals surface area contributed by atoms with E-state index in [1.54, 1.807) is 17.8 Å². The van der Waals surface area contributed by atoms with Crippen LogP contribution in [0.5, 0.6) is 0 Å². The lowest BCUT2D eigenvalue weighted by Gasteiger charge is -2.14. The topological polar surface area (TPSA) is 85.6 Å². The summed E-state index contributed by atoms with van der Waals surface area (Å²) in [5.74, 6) is 0.907. The monoisotopic (exact) mass is 566 g/mol. The maximum atomic E-state index is 12.6.